The number of hydrogen-bond acceptors (Lipinski definition) is 5. The average molecular weight is 395 g/mol. The van der Waals surface area contributed by atoms with Crippen LogP contribution in [0.25, 0.3) is 27.7 Å². The molecule has 6 heteroatoms. The molecule has 0 atom stereocenters. The van der Waals surface area contributed by atoms with E-state index in [0.29, 0.717) is 23.9 Å². The SMILES string of the molecule is Cn1c(N2CCC=C(c3ccc4ccccc4c3)C2)nc(-c2ccncn2)cc1=O. The van der Waals surface area contributed by atoms with Crippen molar-refractivity contribution >= 4 is 22.3 Å². The molecule has 0 radical (unpaired) electrons. The van der Waals surface area contributed by atoms with Crippen LogP contribution < -0.4 is 10.5 Å². The summed E-state index contributed by atoms with van der Waals surface area (Å²) in [5.74, 6) is 0.655. The molecule has 2 aromatic heterocycles. The molecule has 0 amide bonds. The molecule has 0 saturated carbocycles. The van der Waals surface area contributed by atoms with Gasteiger partial charge in [-0.2, -0.15) is 0 Å². The lowest BCUT2D eigenvalue weighted by Crippen LogP contribution is -2.35. The van der Waals surface area contributed by atoms with Gasteiger partial charge in [-0.1, -0.05) is 42.5 Å². The van der Waals surface area contributed by atoms with Gasteiger partial charge < -0.3 is 4.90 Å². The van der Waals surface area contributed by atoms with Crippen LogP contribution in [0.5, 0.6) is 0 Å². The highest BCUT2D eigenvalue weighted by molar-refractivity contribution is 5.87. The lowest BCUT2D eigenvalue weighted by atomic mass is 9.98. The molecule has 0 spiro atoms. The Morgan fingerprint density at radius 1 is 0.967 bits per heavy atom. The molecule has 0 aliphatic carbocycles. The standard InChI is InChI=1S/C24H21N5O/c1-28-23(30)14-22(21-10-11-25-16-26-21)27-24(28)29-12-4-7-20(15-29)19-9-8-17-5-2-3-6-18(17)13-19/h2-3,5-11,13-14,16H,4,12,15H2,1H3. The fourth-order valence-corrected chi connectivity index (χ4v) is 3.90. The van der Waals surface area contributed by atoms with Crippen LogP contribution in [0, 0.1) is 0 Å². The van der Waals surface area contributed by atoms with Gasteiger partial charge in [-0.25, -0.2) is 15.0 Å². The van der Waals surface area contributed by atoms with E-state index in [4.69, 9.17) is 4.98 Å². The van der Waals surface area contributed by atoms with Gasteiger partial charge in [0.15, 0.2) is 0 Å². The Hall–Kier alpha value is -3.80. The van der Waals surface area contributed by atoms with Gasteiger partial charge in [0.05, 0.1) is 11.4 Å². The summed E-state index contributed by atoms with van der Waals surface area (Å²) in [6.45, 7) is 1.51. The first-order valence-electron chi connectivity index (χ1n) is 9.97. The minimum atomic E-state index is -0.101. The van der Waals surface area contributed by atoms with E-state index >= 15 is 0 Å². The zero-order valence-corrected chi connectivity index (χ0v) is 16.7. The summed E-state index contributed by atoms with van der Waals surface area (Å²) in [4.78, 5) is 27.7. The highest BCUT2D eigenvalue weighted by Gasteiger charge is 2.20. The fraction of sp³-hybridized carbons (Fsp3) is 0.167. The van der Waals surface area contributed by atoms with Crippen molar-refractivity contribution in [1.82, 2.24) is 19.5 Å². The van der Waals surface area contributed by atoms with E-state index in [1.54, 1.807) is 23.9 Å². The van der Waals surface area contributed by atoms with Crippen LogP contribution in [0.3, 0.4) is 0 Å². The summed E-state index contributed by atoms with van der Waals surface area (Å²) in [6, 6.07) is 18.2. The lowest BCUT2D eigenvalue weighted by molar-refractivity contribution is 0.726. The van der Waals surface area contributed by atoms with Crippen LogP contribution >= 0.6 is 0 Å². The Morgan fingerprint density at radius 3 is 2.67 bits per heavy atom. The summed E-state index contributed by atoms with van der Waals surface area (Å²) in [5, 5.41) is 2.46. The molecule has 0 N–H and O–H groups in total. The highest BCUT2D eigenvalue weighted by atomic mass is 16.1. The Kier molecular flexibility index (Phi) is 4.59. The van der Waals surface area contributed by atoms with Crippen LogP contribution in [0.1, 0.15) is 12.0 Å². The third-order valence-electron chi connectivity index (χ3n) is 5.51. The Bertz CT molecular complexity index is 1310. The van der Waals surface area contributed by atoms with Crippen molar-refractivity contribution in [1.29, 1.82) is 0 Å². The van der Waals surface area contributed by atoms with E-state index in [0.717, 1.165) is 13.0 Å². The van der Waals surface area contributed by atoms with Crippen molar-refractivity contribution in [3.8, 4) is 11.4 Å². The number of nitrogens with zero attached hydrogens (tertiary/aromatic N) is 5. The van der Waals surface area contributed by atoms with Crippen molar-refractivity contribution in [2.45, 2.75) is 6.42 Å². The van der Waals surface area contributed by atoms with E-state index in [-0.39, 0.29) is 5.56 Å². The molecule has 3 heterocycles. The van der Waals surface area contributed by atoms with Gasteiger partial charge in [-0.3, -0.25) is 9.36 Å². The van der Waals surface area contributed by atoms with Gasteiger partial charge in [-0.05, 0) is 40.5 Å². The van der Waals surface area contributed by atoms with Crippen molar-refractivity contribution in [2.75, 3.05) is 18.0 Å². The van der Waals surface area contributed by atoms with Gasteiger partial charge in [0.1, 0.15) is 6.33 Å². The van der Waals surface area contributed by atoms with Crippen molar-refractivity contribution in [3.05, 3.63) is 89.1 Å². The zero-order chi connectivity index (χ0) is 20.5. The number of aromatic nitrogens is 4. The molecule has 0 bridgehead atoms. The summed E-state index contributed by atoms with van der Waals surface area (Å²) < 4.78 is 1.61. The molecule has 6 nitrogen and oxygen atoms in total. The van der Waals surface area contributed by atoms with Gasteiger partial charge >= 0.3 is 0 Å². The minimum absolute atomic E-state index is 0.101. The maximum absolute atomic E-state index is 12.6. The zero-order valence-electron chi connectivity index (χ0n) is 16.7. The summed E-state index contributed by atoms with van der Waals surface area (Å²) in [6.07, 6.45) is 6.31. The van der Waals surface area contributed by atoms with Crippen LogP contribution in [-0.2, 0) is 7.05 Å². The number of rotatable bonds is 3. The van der Waals surface area contributed by atoms with Gasteiger partial charge in [0.25, 0.3) is 5.56 Å². The number of anilines is 1. The normalized spacial score (nSPS) is 14.0. The highest BCUT2D eigenvalue weighted by Crippen LogP contribution is 2.27. The van der Waals surface area contributed by atoms with Crippen LogP contribution in [0.4, 0.5) is 5.95 Å². The maximum Gasteiger partial charge on any atom is 0.255 e. The molecule has 30 heavy (non-hydrogen) atoms. The Morgan fingerprint density at radius 2 is 1.83 bits per heavy atom. The third kappa shape index (κ3) is 3.37. The molecular formula is C24H21N5O. The second-order valence-electron chi connectivity index (χ2n) is 7.43. The van der Waals surface area contributed by atoms with E-state index in [2.05, 4.69) is 63.4 Å². The molecule has 4 aromatic rings. The summed E-state index contributed by atoms with van der Waals surface area (Å²) in [7, 11) is 1.77. The van der Waals surface area contributed by atoms with Gasteiger partial charge in [-0.15, -0.1) is 0 Å². The van der Waals surface area contributed by atoms with Crippen molar-refractivity contribution in [2.24, 2.45) is 7.05 Å². The molecule has 1 aliphatic rings. The molecule has 5 rings (SSSR count). The van der Waals surface area contributed by atoms with Crippen LogP contribution in [-0.4, -0.2) is 32.6 Å². The fourth-order valence-electron chi connectivity index (χ4n) is 3.90. The monoisotopic (exact) mass is 395 g/mol. The minimum Gasteiger partial charge on any atom is -0.338 e. The first-order chi connectivity index (χ1) is 14.7. The van der Waals surface area contributed by atoms with E-state index in [1.165, 1.54) is 34.3 Å². The first kappa shape index (κ1) is 18.2. The quantitative estimate of drug-likeness (QED) is 0.529. The Labute approximate surface area is 174 Å². The second-order valence-corrected chi connectivity index (χ2v) is 7.43. The smallest absolute Gasteiger partial charge is 0.255 e. The largest absolute Gasteiger partial charge is 0.338 e. The Balaban J connectivity index is 1.50. The molecule has 148 valence electrons. The van der Waals surface area contributed by atoms with Crippen LogP contribution in [0.15, 0.2) is 78.0 Å². The van der Waals surface area contributed by atoms with Gasteiger partial charge in [0, 0.05) is 32.4 Å². The molecule has 0 saturated heterocycles. The maximum atomic E-state index is 12.6. The van der Waals surface area contributed by atoms with Crippen molar-refractivity contribution in [3.63, 3.8) is 0 Å². The topological polar surface area (TPSA) is 63.9 Å². The summed E-state index contributed by atoms with van der Waals surface area (Å²) >= 11 is 0. The number of hydrogen-bond donors (Lipinski definition) is 0. The molecule has 0 fully saturated rings. The predicted molar refractivity (Wildman–Crippen MR) is 119 cm³/mol. The van der Waals surface area contributed by atoms with E-state index < -0.39 is 0 Å². The molecule has 2 aromatic carbocycles. The lowest BCUT2D eigenvalue weighted by Gasteiger charge is -2.30. The first-order valence-corrected chi connectivity index (χ1v) is 9.97. The van der Waals surface area contributed by atoms with Gasteiger partial charge in [0.2, 0.25) is 5.95 Å². The number of benzene rings is 2. The van der Waals surface area contributed by atoms with E-state index in [1.807, 2.05) is 0 Å². The number of fused-ring (bicyclic) bond motifs is 1. The molecular weight excluding hydrogens is 374 g/mol. The molecule has 1 aliphatic heterocycles. The average Bonchev–Trinajstić information content (AvgIpc) is 2.81. The van der Waals surface area contributed by atoms with Crippen LogP contribution in [0.2, 0.25) is 0 Å². The second kappa shape index (κ2) is 7.55. The van der Waals surface area contributed by atoms with E-state index in [9.17, 15) is 4.79 Å². The molecule has 0 unspecified atom stereocenters. The predicted octanol–water partition coefficient (Wildman–Crippen LogP) is 3.68. The van der Waals surface area contributed by atoms with Crippen molar-refractivity contribution < 1.29 is 0 Å². The third-order valence-corrected chi connectivity index (χ3v) is 5.51. The summed E-state index contributed by atoms with van der Waals surface area (Å²) in [5.41, 5.74) is 3.56.